The molecule has 2 aliphatic heterocycles. The van der Waals surface area contributed by atoms with Crippen LogP contribution >= 0.6 is 0 Å². The zero-order valence-electron chi connectivity index (χ0n) is 20.1. The maximum absolute atomic E-state index is 13.9. The molecule has 37 heavy (non-hydrogen) atoms. The average Bonchev–Trinajstić information content (AvgIpc) is 3.29. The highest BCUT2D eigenvalue weighted by Crippen LogP contribution is 2.43. The highest BCUT2D eigenvalue weighted by atomic mass is 16.8. The first kappa shape index (κ1) is 23.1. The Morgan fingerprint density at radius 3 is 2.54 bits per heavy atom. The molecular formula is C28H25N4O5-. The van der Waals surface area contributed by atoms with Crippen LogP contribution in [0.2, 0.25) is 0 Å². The predicted octanol–water partition coefficient (Wildman–Crippen LogP) is 3.76. The zero-order valence-corrected chi connectivity index (χ0v) is 20.1. The van der Waals surface area contributed by atoms with Crippen LogP contribution in [0.1, 0.15) is 28.4 Å². The molecule has 2 N–H and O–H groups in total. The molecule has 3 heterocycles. The van der Waals surface area contributed by atoms with E-state index in [2.05, 4.69) is 4.98 Å². The Hall–Kier alpha value is -4.34. The number of carbonyl (C=O) groups is 2. The predicted molar refractivity (Wildman–Crippen MR) is 137 cm³/mol. The van der Waals surface area contributed by atoms with E-state index in [9.17, 15) is 20.0 Å². The topological polar surface area (TPSA) is 112 Å². The Balaban J connectivity index is 1.43. The van der Waals surface area contributed by atoms with Gasteiger partial charge in [-0.25, -0.2) is 0 Å². The van der Waals surface area contributed by atoms with Crippen LogP contribution in [0, 0.1) is 5.21 Å². The number of nitrogens with one attached hydrogen (secondary N) is 1. The molecule has 2 amide bonds. The van der Waals surface area contributed by atoms with E-state index in [0.717, 1.165) is 33.3 Å². The minimum absolute atomic E-state index is 0.0531. The Labute approximate surface area is 213 Å². The number of aromatic amines is 1. The minimum Gasteiger partial charge on any atom is -0.733 e. The fourth-order valence-electron chi connectivity index (χ4n) is 5.63. The number of amides is 2. The number of carbonyl (C=O) groups excluding carboxylic acids is 2. The van der Waals surface area contributed by atoms with Crippen molar-refractivity contribution in [2.24, 2.45) is 0 Å². The van der Waals surface area contributed by atoms with E-state index in [1.54, 1.807) is 29.0 Å². The number of piperazine rings is 1. The summed E-state index contributed by atoms with van der Waals surface area (Å²) in [5.74, 6) is 0.386. The molecule has 188 valence electrons. The van der Waals surface area contributed by atoms with Gasteiger partial charge in [0, 0.05) is 35.1 Å². The van der Waals surface area contributed by atoms with Gasteiger partial charge in [0.1, 0.15) is 18.3 Å². The van der Waals surface area contributed by atoms with Gasteiger partial charge in [-0.1, -0.05) is 48.5 Å². The molecule has 0 saturated carbocycles. The Morgan fingerprint density at radius 2 is 1.78 bits per heavy atom. The summed E-state index contributed by atoms with van der Waals surface area (Å²) >= 11 is 0. The van der Waals surface area contributed by atoms with Crippen molar-refractivity contribution in [2.75, 3.05) is 18.9 Å². The molecule has 1 fully saturated rings. The number of methoxy groups -OCH3 is 1. The van der Waals surface area contributed by atoms with Crippen LogP contribution in [0.15, 0.2) is 72.8 Å². The van der Waals surface area contributed by atoms with Gasteiger partial charge in [0.25, 0.3) is 0 Å². The van der Waals surface area contributed by atoms with Gasteiger partial charge in [-0.2, -0.15) is 0 Å². The first-order valence-electron chi connectivity index (χ1n) is 12.0. The van der Waals surface area contributed by atoms with Crippen LogP contribution in [0.5, 0.6) is 5.75 Å². The van der Waals surface area contributed by atoms with Crippen LogP contribution in [0.3, 0.4) is 0 Å². The van der Waals surface area contributed by atoms with Crippen LogP contribution in [-0.2, 0) is 22.6 Å². The summed E-state index contributed by atoms with van der Waals surface area (Å²) in [4.78, 5) is 34.3. The quantitative estimate of drug-likeness (QED) is 0.406. The second kappa shape index (κ2) is 8.95. The maximum atomic E-state index is 13.9. The molecule has 0 radical (unpaired) electrons. The van der Waals surface area contributed by atoms with Gasteiger partial charge in [-0.15, -0.1) is 0 Å². The smallest absolute Gasteiger partial charge is 0.246 e. The van der Waals surface area contributed by atoms with Gasteiger partial charge in [-0.05, 0) is 35.4 Å². The van der Waals surface area contributed by atoms with Crippen molar-refractivity contribution in [3.8, 4) is 5.75 Å². The maximum Gasteiger partial charge on any atom is 0.246 e. The molecule has 1 unspecified atom stereocenters. The van der Waals surface area contributed by atoms with E-state index in [1.165, 1.54) is 12.1 Å². The largest absolute Gasteiger partial charge is 0.733 e. The lowest BCUT2D eigenvalue weighted by molar-refractivity contribution is -0.159. The number of ether oxygens (including phenoxy) is 1. The lowest BCUT2D eigenvalue weighted by Gasteiger charge is -2.47. The summed E-state index contributed by atoms with van der Waals surface area (Å²) in [5, 5.41) is 21.4. The molecule has 0 spiro atoms. The van der Waals surface area contributed by atoms with Crippen LogP contribution in [0.4, 0.5) is 5.69 Å². The van der Waals surface area contributed by atoms with Crippen molar-refractivity contribution in [3.05, 3.63) is 100 Å². The molecule has 0 bridgehead atoms. The molecular weight excluding hydrogens is 472 g/mol. The highest BCUT2D eigenvalue weighted by Gasteiger charge is 2.48. The number of hydrogen-bond donors (Lipinski definition) is 2. The molecule has 1 saturated heterocycles. The van der Waals surface area contributed by atoms with Crippen molar-refractivity contribution in [2.45, 2.75) is 25.0 Å². The number of hydrogen-bond acceptors (Lipinski definition) is 6. The number of H-pyrrole nitrogens is 1. The summed E-state index contributed by atoms with van der Waals surface area (Å²) in [6.45, 7) is 0.220. The van der Waals surface area contributed by atoms with Gasteiger partial charge in [0.05, 0.1) is 18.8 Å². The summed E-state index contributed by atoms with van der Waals surface area (Å²) < 4.78 is 5.46. The summed E-state index contributed by atoms with van der Waals surface area (Å²) in [6.07, 6.45) is 0.395. The van der Waals surface area contributed by atoms with E-state index >= 15 is 0 Å². The first-order chi connectivity index (χ1) is 18.0. The minimum atomic E-state index is -0.679. The van der Waals surface area contributed by atoms with Crippen molar-refractivity contribution in [1.29, 1.82) is 0 Å². The van der Waals surface area contributed by atoms with E-state index in [1.807, 2.05) is 48.5 Å². The number of benzene rings is 3. The van der Waals surface area contributed by atoms with Crippen LogP contribution in [0.25, 0.3) is 10.9 Å². The lowest BCUT2D eigenvalue weighted by atomic mass is 9.86. The number of para-hydroxylation sites is 2. The molecule has 4 aromatic rings. The second-order valence-corrected chi connectivity index (χ2v) is 9.36. The zero-order chi connectivity index (χ0) is 25.7. The molecule has 9 nitrogen and oxygen atoms in total. The van der Waals surface area contributed by atoms with Gasteiger partial charge in [0.15, 0.2) is 0 Å². The SMILES string of the molecule is COc1ccccc1CN1CC(=O)N2C(c3ccc(N([O-])O)cc3)c3[nH]c4ccccc4c3C[C@H]2C1=O. The van der Waals surface area contributed by atoms with Gasteiger partial charge in [-0.3, -0.25) is 14.8 Å². The summed E-state index contributed by atoms with van der Waals surface area (Å²) in [5.41, 5.74) is 4.44. The van der Waals surface area contributed by atoms with E-state index in [0.29, 0.717) is 12.2 Å². The lowest BCUT2D eigenvalue weighted by Crippen LogP contribution is -2.62. The third-order valence-corrected chi connectivity index (χ3v) is 7.33. The normalized spacial score (nSPS) is 19.1. The third kappa shape index (κ3) is 3.80. The molecule has 1 aromatic heterocycles. The second-order valence-electron chi connectivity index (χ2n) is 9.36. The van der Waals surface area contributed by atoms with Crippen molar-refractivity contribution in [1.82, 2.24) is 14.8 Å². The van der Waals surface area contributed by atoms with Gasteiger partial charge in [0.2, 0.25) is 11.8 Å². The number of fused-ring (bicyclic) bond motifs is 4. The van der Waals surface area contributed by atoms with Crippen LogP contribution in [-0.4, -0.2) is 51.5 Å². The standard InChI is InChI=1S/C28H25N4O5/c1-37-24-9-5-2-6-18(24)15-30-16-25(33)31-23(28(30)34)14-21-20-7-3-4-8-22(20)29-26(21)27(31)17-10-12-19(13-11-17)32(35)36/h2-13,23,27,29,35H,14-16H2,1H3/q-1/t23-,27?/m0/s1. The molecule has 2 aliphatic rings. The van der Waals surface area contributed by atoms with Crippen molar-refractivity contribution in [3.63, 3.8) is 0 Å². The monoisotopic (exact) mass is 497 g/mol. The Kier molecular flexibility index (Phi) is 5.58. The fourth-order valence-corrected chi connectivity index (χ4v) is 5.63. The van der Waals surface area contributed by atoms with Gasteiger partial charge >= 0.3 is 0 Å². The van der Waals surface area contributed by atoms with E-state index in [4.69, 9.17) is 4.74 Å². The Morgan fingerprint density at radius 1 is 1.05 bits per heavy atom. The molecule has 6 rings (SSSR count). The van der Waals surface area contributed by atoms with E-state index in [-0.39, 0.29) is 35.8 Å². The Bertz CT molecular complexity index is 1500. The summed E-state index contributed by atoms with van der Waals surface area (Å²) in [7, 11) is 1.59. The summed E-state index contributed by atoms with van der Waals surface area (Å²) in [6, 6.07) is 20.6. The molecule has 2 atom stereocenters. The van der Waals surface area contributed by atoms with Gasteiger partial charge < -0.3 is 30.0 Å². The van der Waals surface area contributed by atoms with Crippen LogP contribution < -0.4 is 9.96 Å². The van der Waals surface area contributed by atoms with Crippen molar-refractivity contribution >= 4 is 28.4 Å². The average molecular weight is 498 g/mol. The molecule has 9 heteroatoms. The van der Waals surface area contributed by atoms with E-state index < -0.39 is 12.1 Å². The third-order valence-electron chi connectivity index (χ3n) is 7.33. The first-order valence-corrected chi connectivity index (χ1v) is 12.0. The highest BCUT2D eigenvalue weighted by molar-refractivity contribution is 5.97. The number of anilines is 1. The number of aromatic nitrogens is 1. The van der Waals surface area contributed by atoms with Crippen molar-refractivity contribution < 1.29 is 19.5 Å². The molecule has 0 aliphatic carbocycles. The number of nitrogens with zero attached hydrogens (tertiary/aromatic N) is 3. The number of rotatable bonds is 5. The molecule has 3 aromatic carbocycles. The fraction of sp³-hybridized carbons (Fsp3) is 0.214.